The molecule has 2 heteroatoms. The van der Waals surface area contributed by atoms with E-state index < -0.39 is 0 Å². The molecule has 0 amide bonds. The molecule has 1 aliphatic rings. The lowest BCUT2D eigenvalue weighted by molar-refractivity contribution is 0.864. The Morgan fingerprint density at radius 3 is 2.73 bits per heavy atom. The largest absolute Gasteiger partial charge is 0.347 e. The highest BCUT2D eigenvalue weighted by Crippen LogP contribution is 2.16. The number of hydrogen-bond acceptors (Lipinski definition) is 1. The second kappa shape index (κ2) is 3.89. The maximum atomic E-state index is 4.46. The topological polar surface area (TPSA) is 17.3 Å². The molecule has 0 fully saturated rings. The summed E-state index contributed by atoms with van der Waals surface area (Å²) in [6.45, 7) is 4.28. The Balaban J connectivity index is 2.45. The van der Waals surface area contributed by atoms with Gasteiger partial charge in [0.1, 0.15) is 0 Å². The molecular formula is C13H16N2. The Labute approximate surface area is 90.6 Å². The van der Waals surface area contributed by atoms with E-state index in [0.29, 0.717) is 0 Å². The molecule has 0 saturated carbocycles. The van der Waals surface area contributed by atoms with Gasteiger partial charge in [0.2, 0.25) is 0 Å². The fraction of sp³-hybridized carbons (Fsp3) is 0.308. The fourth-order valence-corrected chi connectivity index (χ4v) is 1.79. The lowest BCUT2D eigenvalue weighted by Gasteiger charge is -2.05. The monoisotopic (exact) mass is 200 g/mol. The van der Waals surface area contributed by atoms with Gasteiger partial charge < -0.3 is 4.57 Å². The molecule has 0 N–H and O–H groups in total. The number of aromatic nitrogens is 1. The van der Waals surface area contributed by atoms with Crippen molar-refractivity contribution >= 4 is 5.71 Å². The Morgan fingerprint density at radius 1 is 1.27 bits per heavy atom. The van der Waals surface area contributed by atoms with E-state index in [1.807, 2.05) is 18.4 Å². The van der Waals surface area contributed by atoms with Gasteiger partial charge in [-0.1, -0.05) is 12.2 Å². The highest BCUT2D eigenvalue weighted by Gasteiger charge is 2.10. The fourth-order valence-electron chi connectivity index (χ4n) is 1.79. The zero-order valence-electron chi connectivity index (χ0n) is 9.49. The predicted octanol–water partition coefficient (Wildman–Crippen LogP) is 2.90. The molecule has 1 aromatic rings. The standard InChI is InChI=1S/C13H16N2/c1-10-9-13(15(3)11(10)2)12-7-5-4-6-8-14-12/h4-6,8-9H,7H2,1-3H3. The molecule has 0 saturated heterocycles. The van der Waals surface area contributed by atoms with Crippen molar-refractivity contribution in [2.45, 2.75) is 20.3 Å². The number of nitrogens with zero attached hydrogens (tertiary/aromatic N) is 2. The minimum Gasteiger partial charge on any atom is -0.347 e. The molecule has 78 valence electrons. The molecule has 15 heavy (non-hydrogen) atoms. The summed E-state index contributed by atoms with van der Waals surface area (Å²) in [5.74, 6) is 0. The molecule has 0 aromatic carbocycles. The Morgan fingerprint density at radius 2 is 2.07 bits per heavy atom. The van der Waals surface area contributed by atoms with Crippen LogP contribution in [-0.4, -0.2) is 10.3 Å². The Kier molecular flexibility index (Phi) is 2.58. The molecule has 0 radical (unpaired) electrons. The summed E-state index contributed by atoms with van der Waals surface area (Å²) >= 11 is 0. The number of rotatable bonds is 1. The zero-order valence-corrected chi connectivity index (χ0v) is 9.49. The van der Waals surface area contributed by atoms with Crippen molar-refractivity contribution in [1.29, 1.82) is 0 Å². The first-order chi connectivity index (χ1) is 7.20. The van der Waals surface area contributed by atoms with Crippen molar-refractivity contribution in [3.63, 3.8) is 0 Å². The van der Waals surface area contributed by atoms with Crippen LogP contribution in [-0.2, 0) is 7.05 Å². The average Bonchev–Trinajstić information content (AvgIpc) is 2.51. The summed E-state index contributed by atoms with van der Waals surface area (Å²) in [5, 5.41) is 0. The second-order valence-corrected chi connectivity index (χ2v) is 3.91. The van der Waals surface area contributed by atoms with E-state index >= 15 is 0 Å². The van der Waals surface area contributed by atoms with Gasteiger partial charge in [0.25, 0.3) is 0 Å². The van der Waals surface area contributed by atoms with Gasteiger partial charge in [-0.05, 0) is 31.6 Å². The molecule has 0 aliphatic carbocycles. The second-order valence-electron chi connectivity index (χ2n) is 3.91. The van der Waals surface area contributed by atoms with Crippen LogP contribution in [0.15, 0.2) is 35.5 Å². The number of aliphatic imine (C=N–C) groups is 1. The highest BCUT2D eigenvalue weighted by molar-refractivity contribution is 6.01. The van der Waals surface area contributed by atoms with Crippen molar-refractivity contribution < 1.29 is 0 Å². The zero-order chi connectivity index (χ0) is 10.8. The van der Waals surface area contributed by atoms with Crippen molar-refractivity contribution in [1.82, 2.24) is 4.57 Å². The van der Waals surface area contributed by atoms with Crippen LogP contribution in [0.3, 0.4) is 0 Å². The van der Waals surface area contributed by atoms with Crippen LogP contribution < -0.4 is 0 Å². The predicted molar refractivity (Wildman–Crippen MR) is 64.3 cm³/mol. The SMILES string of the molecule is Cc1cc(C2=NC=CC=CC2)n(C)c1C. The van der Waals surface area contributed by atoms with Crippen LogP contribution in [0, 0.1) is 13.8 Å². The molecule has 0 spiro atoms. The normalized spacial score (nSPS) is 15.3. The van der Waals surface area contributed by atoms with Crippen molar-refractivity contribution in [2.24, 2.45) is 12.0 Å². The van der Waals surface area contributed by atoms with Gasteiger partial charge in [-0.25, -0.2) is 0 Å². The highest BCUT2D eigenvalue weighted by atomic mass is 15.0. The first-order valence-electron chi connectivity index (χ1n) is 5.22. The smallest absolute Gasteiger partial charge is 0.0677 e. The third-order valence-corrected chi connectivity index (χ3v) is 2.96. The van der Waals surface area contributed by atoms with Gasteiger partial charge in [-0.15, -0.1) is 0 Å². The Bertz CT molecular complexity index is 459. The summed E-state index contributed by atoms with van der Waals surface area (Å²) in [4.78, 5) is 4.46. The summed E-state index contributed by atoms with van der Waals surface area (Å²) < 4.78 is 2.21. The molecule has 0 bridgehead atoms. The minimum absolute atomic E-state index is 0.906. The number of aryl methyl sites for hydroxylation is 1. The minimum atomic E-state index is 0.906. The van der Waals surface area contributed by atoms with Gasteiger partial charge in [-0.3, -0.25) is 4.99 Å². The van der Waals surface area contributed by atoms with Crippen molar-refractivity contribution in [3.8, 4) is 0 Å². The van der Waals surface area contributed by atoms with E-state index in [9.17, 15) is 0 Å². The van der Waals surface area contributed by atoms with Crippen molar-refractivity contribution in [3.05, 3.63) is 47.4 Å². The van der Waals surface area contributed by atoms with E-state index in [0.717, 1.165) is 12.1 Å². The first-order valence-corrected chi connectivity index (χ1v) is 5.22. The van der Waals surface area contributed by atoms with E-state index in [-0.39, 0.29) is 0 Å². The molecule has 2 rings (SSSR count). The van der Waals surface area contributed by atoms with Gasteiger partial charge in [-0.2, -0.15) is 0 Å². The molecular weight excluding hydrogens is 184 g/mol. The van der Waals surface area contributed by atoms with Gasteiger partial charge in [0, 0.05) is 25.4 Å². The van der Waals surface area contributed by atoms with Gasteiger partial charge in [0.05, 0.1) is 11.4 Å². The van der Waals surface area contributed by atoms with Crippen LogP contribution in [0.5, 0.6) is 0 Å². The van der Waals surface area contributed by atoms with E-state index in [1.54, 1.807) is 0 Å². The molecule has 1 aromatic heterocycles. The van der Waals surface area contributed by atoms with Gasteiger partial charge in [0.15, 0.2) is 0 Å². The lowest BCUT2D eigenvalue weighted by Crippen LogP contribution is -2.06. The van der Waals surface area contributed by atoms with E-state index in [4.69, 9.17) is 0 Å². The van der Waals surface area contributed by atoms with Crippen LogP contribution in [0.4, 0.5) is 0 Å². The molecule has 2 nitrogen and oxygen atoms in total. The van der Waals surface area contributed by atoms with E-state index in [2.05, 4.69) is 42.6 Å². The molecule has 0 unspecified atom stereocenters. The third kappa shape index (κ3) is 1.80. The number of allylic oxidation sites excluding steroid dienone is 3. The van der Waals surface area contributed by atoms with E-state index in [1.165, 1.54) is 17.0 Å². The summed E-state index contributed by atoms with van der Waals surface area (Å²) in [6, 6.07) is 2.21. The van der Waals surface area contributed by atoms with Crippen LogP contribution in [0.2, 0.25) is 0 Å². The average molecular weight is 200 g/mol. The number of hydrogen-bond donors (Lipinski definition) is 0. The van der Waals surface area contributed by atoms with Crippen LogP contribution in [0.1, 0.15) is 23.4 Å². The van der Waals surface area contributed by atoms with Crippen molar-refractivity contribution in [2.75, 3.05) is 0 Å². The molecule has 2 heterocycles. The summed E-state index contributed by atoms with van der Waals surface area (Å²) in [6.07, 6.45) is 8.91. The third-order valence-electron chi connectivity index (χ3n) is 2.96. The van der Waals surface area contributed by atoms with Gasteiger partial charge >= 0.3 is 0 Å². The summed E-state index contributed by atoms with van der Waals surface area (Å²) in [7, 11) is 2.10. The first kappa shape index (κ1) is 9.97. The summed E-state index contributed by atoms with van der Waals surface area (Å²) in [5.41, 5.74) is 5.00. The quantitative estimate of drug-likeness (QED) is 0.663. The lowest BCUT2D eigenvalue weighted by atomic mass is 10.2. The molecule has 1 aliphatic heterocycles. The van der Waals surface area contributed by atoms with Crippen LogP contribution in [0.25, 0.3) is 0 Å². The maximum Gasteiger partial charge on any atom is 0.0677 e. The maximum absolute atomic E-state index is 4.46. The van der Waals surface area contributed by atoms with Crippen LogP contribution >= 0.6 is 0 Å². The molecule has 0 atom stereocenters. The Hall–Kier alpha value is -1.57.